The number of primary sulfonamides is 1. The fourth-order valence-electron chi connectivity index (χ4n) is 3.04. The number of benzene rings is 2. The van der Waals surface area contributed by atoms with Crippen molar-refractivity contribution in [3.05, 3.63) is 51.8 Å². The van der Waals surface area contributed by atoms with Crippen LogP contribution in [-0.4, -0.2) is 32.8 Å². The summed E-state index contributed by atoms with van der Waals surface area (Å²) < 4.78 is 73.7. The van der Waals surface area contributed by atoms with Crippen LogP contribution in [0.5, 0.6) is 11.5 Å². The molecule has 0 saturated carbocycles. The van der Waals surface area contributed by atoms with E-state index in [1.165, 1.54) is 32.4 Å². The molecule has 3 N–H and O–H groups in total. The molecule has 0 atom stereocenters. The molecule has 1 aromatic heterocycles. The second-order valence-corrected chi connectivity index (χ2v) is 7.95. The highest BCUT2D eigenvalue weighted by molar-refractivity contribution is 7.88. The van der Waals surface area contributed by atoms with Crippen LogP contribution in [0.15, 0.2) is 35.1 Å². The summed E-state index contributed by atoms with van der Waals surface area (Å²) >= 11 is 0. The summed E-state index contributed by atoms with van der Waals surface area (Å²) in [5.41, 5.74) is -2.19. The summed E-state index contributed by atoms with van der Waals surface area (Å²) in [6.45, 7) is 0. The first kappa shape index (κ1) is 24.4. The molecule has 0 fully saturated rings. The number of fused-ring (bicyclic) bond motifs is 1. The van der Waals surface area contributed by atoms with Gasteiger partial charge in [-0.25, -0.2) is 18.7 Å². The smallest absolute Gasteiger partial charge is 0.416 e. The van der Waals surface area contributed by atoms with Crippen molar-refractivity contribution < 1.29 is 31.1 Å². The molecule has 0 saturated heterocycles. The van der Waals surface area contributed by atoms with Crippen molar-refractivity contribution in [2.24, 2.45) is 5.14 Å². The third kappa shape index (κ3) is 5.09. The first-order chi connectivity index (χ1) is 13.9. The molecular formula is C18H17ClF3N3O5S. The predicted octanol–water partition coefficient (Wildman–Crippen LogP) is 2.84. The van der Waals surface area contributed by atoms with Crippen LogP contribution in [0.2, 0.25) is 0 Å². The number of ether oxygens (including phenoxy) is 2. The summed E-state index contributed by atoms with van der Waals surface area (Å²) in [4.78, 5) is 12.2. The van der Waals surface area contributed by atoms with E-state index in [1.807, 2.05) is 0 Å². The number of nitrogens with one attached hydrogen (secondary N) is 1. The van der Waals surface area contributed by atoms with Crippen molar-refractivity contribution in [3.8, 4) is 22.8 Å². The van der Waals surface area contributed by atoms with Gasteiger partial charge >= 0.3 is 6.18 Å². The maximum absolute atomic E-state index is 13.6. The van der Waals surface area contributed by atoms with E-state index >= 15 is 0 Å². The number of H-pyrrole nitrogens is 1. The number of aromatic nitrogens is 2. The Kier molecular flexibility index (Phi) is 6.88. The lowest BCUT2D eigenvalue weighted by Gasteiger charge is -2.15. The van der Waals surface area contributed by atoms with Gasteiger partial charge in [0.1, 0.15) is 0 Å². The average molecular weight is 480 g/mol. The van der Waals surface area contributed by atoms with Crippen LogP contribution in [0.4, 0.5) is 13.2 Å². The molecule has 1 heterocycles. The summed E-state index contributed by atoms with van der Waals surface area (Å²) in [7, 11) is -1.44. The fourth-order valence-corrected chi connectivity index (χ4v) is 3.73. The second-order valence-electron chi connectivity index (χ2n) is 6.33. The van der Waals surface area contributed by atoms with Gasteiger partial charge in [0.15, 0.2) is 11.5 Å². The highest BCUT2D eigenvalue weighted by Gasteiger charge is 2.34. The van der Waals surface area contributed by atoms with E-state index < -0.39 is 38.6 Å². The lowest BCUT2D eigenvalue weighted by atomic mass is 9.99. The molecule has 0 aliphatic carbocycles. The number of halogens is 4. The van der Waals surface area contributed by atoms with Gasteiger partial charge in [0, 0.05) is 10.9 Å². The number of rotatable bonds is 5. The zero-order chi connectivity index (χ0) is 22.3. The molecule has 3 aromatic rings. The molecule has 0 bridgehead atoms. The van der Waals surface area contributed by atoms with Crippen LogP contribution in [0.3, 0.4) is 0 Å². The summed E-state index contributed by atoms with van der Waals surface area (Å²) in [6, 6.07) is 5.86. The van der Waals surface area contributed by atoms with Gasteiger partial charge in [0.25, 0.3) is 5.56 Å². The minimum Gasteiger partial charge on any atom is -0.493 e. The molecule has 0 aliphatic heterocycles. The number of alkyl halides is 3. The lowest BCUT2D eigenvalue weighted by molar-refractivity contribution is -0.138. The number of nitrogens with two attached hydrogens (primary N) is 1. The van der Waals surface area contributed by atoms with Gasteiger partial charge in [-0.05, 0) is 23.8 Å². The number of hydrogen-bond acceptors (Lipinski definition) is 6. The molecule has 0 aliphatic rings. The zero-order valence-electron chi connectivity index (χ0n) is 16.1. The zero-order valence-corrected chi connectivity index (χ0v) is 17.7. The largest absolute Gasteiger partial charge is 0.493 e. The summed E-state index contributed by atoms with van der Waals surface area (Å²) in [5.74, 6) is -0.472. The summed E-state index contributed by atoms with van der Waals surface area (Å²) in [6.07, 6.45) is -4.84. The third-order valence-electron chi connectivity index (χ3n) is 4.34. The Labute approximate surface area is 180 Å². The van der Waals surface area contributed by atoms with Crippen LogP contribution in [0.25, 0.3) is 22.0 Å². The second kappa shape index (κ2) is 8.73. The molecule has 13 heteroatoms. The van der Waals surface area contributed by atoms with Crippen molar-refractivity contribution >= 4 is 33.2 Å². The Bertz CT molecular complexity index is 1290. The molecule has 3 rings (SSSR count). The number of aromatic amines is 1. The predicted molar refractivity (Wildman–Crippen MR) is 110 cm³/mol. The third-order valence-corrected chi connectivity index (χ3v) is 5.05. The number of sulfonamides is 1. The van der Waals surface area contributed by atoms with Gasteiger partial charge in [-0.1, -0.05) is 12.1 Å². The van der Waals surface area contributed by atoms with Gasteiger partial charge in [-0.15, -0.1) is 12.4 Å². The van der Waals surface area contributed by atoms with Crippen molar-refractivity contribution in [2.75, 3.05) is 14.2 Å². The molecule has 0 spiro atoms. The average Bonchev–Trinajstić information content (AvgIpc) is 2.66. The van der Waals surface area contributed by atoms with Gasteiger partial charge in [0.2, 0.25) is 10.0 Å². The summed E-state index contributed by atoms with van der Waals surface area (Å²) in [5, 5.41) is 11.4. The van der Waals surface area contributed by atoms with Gasteiger partial charge in [-0.3, -0.25) is 4.79 Å². The highest BCUT2D eigenvalue weighted by Crippen LogP contribution is 2.38. The Morgan fingerprint density at radius 1 is 1.06 bits per heavy atom. The standard InChI is InChI=1S/C18H16F3N3O5S.ClH/c1-28-14-6-11-12(7-15(14)29-2)17(25)24-23-16(11)9-3-4-10(8-30(22,26)27)13(5-9)18(19,20)21;/h3-7H,8H2,1-2H3,(H,24,25)(H2,22,26,27);1H. The van der Waals surface area contributed by atoms with Gasteiger partial charge < -0.3 is 9.47 Å². The maximum Gasteiger partial charge on any atom is 0.416 e. The van der Waals surface area contributed by atoms with E-state index in [1.54, 1.807) is 0 Å². The molecule has 0 radical (unpaired) electrons. The van der Waals surface area contributed by atoms with Crippen molar-refractivity contribution in [3.63, 3.8) is 0 Å². The maximum atomic E-state index is 13.6. The number of hydrogen-bond donors (Lipinski definition) is 2. The first-order valence-electron chi connectivity index (χ1n) is 8.30. The Hall–Kier alpha value is -2.83. The van der Waals surface area contributed by atoms with Crippen molar-refractivity contribution in [2.45, 2.75) is 11.9 Å². The van der Waals surface area contributed by atoms with Crippen LogP contribution < -0.4 is 20.2 Å². The highest BCUT2D eigenvalue weighted by atomic mass is 35.5. The Morgan fingerprint density at radius 3 is 2.16 bits per heavy atom. The SMILES string of the molecule is COc1cc2c(-c3ccc(CS(N)(=O)=O)c(C(F)(F)F)c3)n[nH]c(=O)c2cc1OC.Cl. The van der Waals surface area contributed by atoms with Crippen molar-refractivity contribution in [1.82, 2.24) is 10.2 Å². The molecule has 2 aromatic carbocycles. The Balaban J connectivity index is 0.00000341. The van der Waals surface area contributed by atoms with Crippen LogP contribution in [0, 0.1) is 0 Å². The monoisotopic (exact) mass is 479 g/mol. The molecule has 0 amide bonds. The fraction of sp³-hybridized carbons (Fsp3) is 0.222. The van der Waals surface area contributed by atoms with E-state index in [-0.39, 0.29) is 45.9 Å². The normalized spacial score (nSPS) is 11.8. The van der Waals surface area contributed by atoms with Gasteiger partial charge in [-0.2, -0.15) is 18.3 Å². The lowest BCUT2D eigenvalue weighted by Crippen LogP contribution is -2.18. The topological polar surface area (TPSA) is 124 Å². The number of nitrogens with zero attached hydrogens (tertiary/aromatic N) is 1. The van der Waals surface area contributed by atoms with Gasteiger partial charge in [0.05, 0.1) is 36.6 Å². The van der Waals surface area contributed by atoms with Crippen LogP contribution >= 0.6 is 12.4 Å². The molecular weight excluding hydrogens is 463 g/mol. The van der Waals surface area contributed by atoms with E-state index in [9.17, 15) is 26.4 Å². The molecule has 168 valence electrons. The van der Waals surface area contributed by atoms with E-state index in [0.29, 0.717) is 0 Å². The Morgan fingerprint density at radius 2 is 1.65 bits per heavy atom. The van der Waals surface area contributed by atoms with E-state index in [0.717, 1.165) is 12.1 Å². The number of methoxy groups -OCH3 is 2. The first-order valence-corrected chi connectivity index (χ1v) is 10.0. The molecule has 8 nitrogen and oxygen atoms in total. The van der Waals surface area contributed by atoms with E-state index in [2.05, 4.69) is 10.2 Å². The molecule has 0 unspecified atom stereocenters. The quantitative estimate of drug-likeness (QED) is 0.580. The van der Waals surface area contributed by atoms with Crippen LogP contribution in [-0.2, 0) is 22.0 Å². The minimum atomic E-state index is -4.84. The van der Waals surface area contributed by atoms with Crippen molar-refractivity contribution in [1.29, 1.82) is 0 Å². The van der Waals surface area contributed by atoms with E-state index in [4.69, 9.17) is 14.6 Å². The van der Waals surface area contributed by atoms with Crippen LogP contribution in [0.1, 0.15) is 11.1 Å². The minimum absolute atomic E-state index is 0. The molecule has 31 heavy (non-hydrogen) atoms.